The van der Waals surface area contributed by atoms with E-state index in [9.17, 15) is 9.59 Å². The van der Waals surface area contributed by atoms with Gasteiger partial charge in [-0.3, -0.25) is 14.5 Å². The molecule has 1 heterocycles. The molecule has 1 aromatic rings. The molecule has 1 aromatic carbocycles. The molecule has 0 aliphatic carbocycles. The normalized spacial score (nSPS) is 17.7. The maximum absolute atomic E-state index is 12.1. The number of imide groups is 1. The summed E-state index contributed by atoms with van der Waals surface area (Å²) in [6.45, 7) is 0.350. The lowest BCUT2D eigenvalue weighted by atomic mass is 10.2. The number of likely N-dealkylation sites (tertiary alicyclic amines) is 1. The first-order valence-electron chi connectivity index (χ1n) is 5.83. The highest BCUT2D eigenvalue weighted by molar-refractivity contribution is 6.13. The van der Waals surface area contributed by atoms with Crippen molar-refractivity contribution in [1.29, 1.82) is 0 Å². The highest BCUT2D eigenvalue weighted by Crippen LogP contribution is 2.21. The van der Waals surface area contributed by atoms with Gasteiger partial charge in [0.25, 0.3) is 5.91 Å². The summed E-state index contributed by atoms with van der Waals surface area (Å²) in [4.78, 5) is 27.0. The molecule has 1 aliphatic heterocycles. The van der Waals surface area contributed by atoms with E-state index in [4.69, 9.17) is 0 Å². The van der Waals surface area contributed by atoms with Crippen molar-refractivity contribution in [2.24, 2.45) is 0 Å². The van der Waals surface area contributed by atoms with E-state index in [0.717, 1.165) is 5.56 Å². The maximum Gasteiger partial charge on any atom is 0.258 e. The second-order valence-corrected chi connectivity index (χ2v) is 4.57. The summed E-state index contributed by atoms with van der Waals surface area (Å²) in [5.74, 6) is -0.311. The van der Waals surface area contributed by atoms with E-state index in [1.165, 1.54) is 4.90 Å². The highest BCUT2D eigenvalue weighted by atomic mass is 16.2. The topological polar surface area (TPSA) is 40.6 Å². The van der Waals surface area contributed by atoms with Crippen LogP contribution in [0.25, 0.3) is 0 Å². The van der Waals surface area contributed by atoms with Gasteiger partial charge in [0.05, 0.1) is 13.0 Å². The number of benzene rings is 1. The van der Waals surface area contributed by atoms with E-state index >= 15 is 0 Å². The number of hydrogen-bond acceptors (Lipinski definition) is 3. The molecule has 2 amide bonds. The third-order valence-electron chi connectivity index (χ3n) is 2.76. The first-order chi connectivity index (χ1) is 8.58. The lowest BCUT2D eigenvalue weighted by molar-refractivity contribution is -0.138. The van der Waals surface area contributed by atoms with Crippen LogP contribution in [0.4, 0.5) is 0 Å². The quantitative estimate of drug-likeness (QED) is 0.596. The van der Waals surface area contributed by atoms with Crippen LogP contribution >= 0.6 is 0 Å². The van der Waals surface area contributed by atoms with Crippen LogP contribution in [-0.2, 0) is 16.1 Å². The monoisotopic (exact) mass is 244 g/mol. The van der Waals surface area contributed by atoms with Gasteiger partial charge in [-0.15, -0.1) is 0 Å². The predicted octanol–water partition coefficient (Wildman–Crippen LogP) is 1.39. The zero-order valence-electron chi connectivity index (χ0n) is 10.6. The number of carbonyl (C=O) groups excluding carboxylic acids is 2. The molecule has 0 spiro atoms. The largest absolute Gasteiger partial charge is 0.383 e. The van der Waals surface area contributed by atoms with E-state index in [1.807, 2.05) is 44.4 Å². The maximum atomic E-state index is 12.1. The van der Waals surface area contributed by atoms with Crippen molar-refractivity contribution >= 4 is 11.8 Å². The standard InChI is InChI=1S/C14H16N2O2/c1-15(2)10-12-8-13(17)16(14(12)18)9-11-6-4-3-5-7-11/h3-7,10H,8-9H2,1-2H3. The van der Waals surface area contributed by atoms with Crippen LogP contribution in [0.3, 0.4) is 0 Å². The molecule has 0 N–H and O–H groups in total. The van der Waals surface area contributed by atoms with Gasteiger partial charge in [-0.2, -0.15) is 0 Å². The molecular formula is C14H16N2O2. The fraction of sp³-hybridized carbons (Fsp3) is 0.286. The first kappa shape index (κ1) is 12.4. The smallest absolute Gasteiger partial charge is 0.258 e. The molecule has 0 saturated carbocycles. The Labute approximate surface area is 106 Å². The summed E-state index contributed by atoms with van der Waals surface area (Å²) >= 11 is 0. The van der Waals surface area contributed by atoms with Crippen LogP contribution in [0, 0.1) is 0 Å². The molecule has 0 bridgehead atoms. The second-order valence-electron chi connectivity index (χ2n) is 4.57. The Morgan fingerprint density at radius 3 is 2.50 bits per heavy atom. The molecule has 94 valence electrons. The minimum Gasteiger partial charge on any atom is -0.383 e. The number of amides is 2. The first-order valence-corrected chi connectivity index (χ1v) is 5.83. The van der Waals surface area contributed by atoms with Crippen molar-refractivity contribution in [2.75, 3.05) is 14.1 Å². The van der Waals surface area contributed by atoms with Crippen LogP contribution in [0.5, 0.6) is 0 Å². The number of nitrogens with zero attached hydrogens (tertiary/aromatic N) is 2. The Bertz CT molecular complexity index is 492. The summed E-state index contributed by atoms with van der Waals surface area (Å²) in [5, 5.41) is 0. The van der Waals surface area contributed by atoms with Gasteiger partial charge in [0.15, 0.2) is 0 Å². The number of carbonyl (C=O) groups is 2. The molecule has 0 atom stereocenters. The van der Waals surface area contributed by atoms with Crippen molar-refractivity contribution in [3.05, 3.63) is 47.7 Å². The number of hydrogen-bond donors (Lipinski definition) is 0. The van der Waals surface area contributed by atoms with Gasteiger partial charge in [-0.05, 0) is 5.56 Å². The molecule has 0 aromatic heterocycles. The van der Waals surface area contributed by atoms with E-state index < -0.39 is 0 Å². The van der Waals surface area contributed by atoms with Gasteiger partial charge >= 0.3 is 0 Å². The Morgan fingerprint density at radius 1 is 1.22 bits per heavy atom. The average Bonchev–Trinajstić information content (AvgIpc) is 2.58. The molecule has 2 rings (SSSR count). The Balaban J connectivity index is 2.15. The van der Waals surface area contributed by atoms with Crippen LogP contribution in [0.2, 0.25) is 0 Å². The Kier molecular flexibility index (Phi) is 3.46. The van der Waals surface area contributed by atoms with Gasteiger partial charge in [0.1, 0.15) is 0 Å². The lowest BCUT2D eigenvalue weighted by Gasteiger charge is -2.13. The lowest BCUT2D eigenvalue weighted by Crippen LogP contribution is -2.28. The van der Waals surface area contributed by atoms with Crippen molar-refractivity contribution in [3.8, 4) is 0 Å². The molecule has 1 aliphatic rings. The molecule has 1 fully saturated rings. The van der Waals surface area contributed by atoms with E-state index in [-0.39, 0.29) is 18.2 Å². The third-order valence-corrected chi connectivity index (χ3v) is 2.76. The summed E-state index contributed by atoms with van der Waals surface area (Å²) in [6, 6.07) is 9.53. The fourth-order valence-electron chi connectivity index (χ4n) is 1.96. The van der Waals surface area contributed by atoms with Crippen molar-refractivity contribution < 1.29 is 9.59 Å². The molecular weight excluding hydrogens is 228 g/mol. The summed E-state index contributed by atoms with van der Waals surface area (Å²) in [6.07, 6.45) is 1.91. The third kappa shape index (κ3) is 2.59. The van der Waals surface area contributed by atoms with Crippen LogP contribution < -0.4 is 0 Å². The van der Waals surface area contributed by atoms with Gasteiger partial charge in [0.2, 0.25) is 5.91 Å². The summed E-state index contributed by atoms with van der Waals surface area (Å²) < 4.78 is 0. The highest BCUT2D eigenvalue weighted by Gasteiger charge is 2.33. The van der Waals surface area contributed by atoms with Crippen molar-refractivity contribution in [3.63, 3.8) is 0 Å². The van der Waals surface area contributed by atoms with Gasteiger partial charge in [0, 0.05) is 25.9 Å². The zero-order chi connectivity index (χ0) is 13.1. The van der Waals surface area contributed by atoms with Gasteiger partial charge in [-0.1, -0.05) is 30.3 Å². The van der Waals surface area contributed by atoms with Gasteiger partial charge < -0.3 is 4.90 Å². The van der Waals surface area contributed by atoms with Crippen LogP contribution in [0.1, 0.15) is 12.0 Å². The van der Waals surface area contributed by atoms with Crippen molar-refractivity contribution in [2.45, 2.75) is 13.0 Å². The predicted molar refractivity (Wildman–Crippen MR) is 68.4 cm³/mol. The minimum absolute atomic E-state index is 0.128. The molecule has 4 heteroatoms. The summed E-state index contributed by atoms with van der Waals surface area (Å²) in [7, 11) is 3.68. The van der Waals surface area contributed by atoms with E-state index in [0.29, 0.717) is 12.1 Å². The second kappa shape index (κ2) is 5.04. The molecule has 4 nitrogen and oxygen atoms in total. The molecule has 0 unspecified atom stereocenters. The molecule has 1 saturated heterocycles. The Morgan fingerprint density at radius 2 is 1.89 bits per heavy atom. The van der Waals surface area contributed by atoms with Crippen molar-refractivity contribution in [1.82, 2.24) is 9.80 Å². The zero-order valence-corrected chi connectivity index (χ0v) is 10.6. The van der Waals surface area contributed by atoms with E-state index in [1.54, 1.807) is 11.1 Å². The SMILES string of the molecule is CN(C)C=C1CC(=O)N(Cc2ccccc2)C1=O. The van der Waals surface area contributed by atoms with E-state index in [2.05, 4.69) is 0 Å². The summed E-state index contributed by atoms with van der Waals surface area (Å²) in [5.41, 5.74) is 1.52. The number of rotatable bonds is 3. The fourth-order valence-corrected chi connectivity index (χ4v) is 1.96. The molecule has 18 heavy (non-hydrogen) atoms. The van der Waals surface area contributed by atoms with Gasteiger partial charge in [-0.25, -0.2) is 0 Å². The van der Waals surface area contributed by atoms with Crippen LogP contribution in [0.15, 0.2) is 42.1 Å². The van der Waals surface area contributed by atoms with Crippen LogP contribution in [-0.4, -0.2) is 35.7 Å². The Hall–Kier alpha value is -2.10. The average molecular weight is 244 g/mol. The molecule has 0 radical (unpaired) electrons. The minimum atomic E-state index is -0.183.